The summed E-state index contributed by atoms with van der Waals surface area (Å²) in [7, 11) is 0. The first-order chi connectivity index (χ1) is 12.3. The topological polar surface area (TPSA) is 41.9 Å². The molecule has 0 fully saturated rings. The van der Waals surface area contributed by atoms with Crippen LogP contribution in [0.3, 0.4) is 0 Å². The van der Waals surface area contributed by atoms with Crippen LogP contribution in [-0.2, 0) is 13.1 Å². The normalized spacial score (nSPS) is 11.2. The lowest BCUT2D eigenvalue weighted by atomic mass is 10.3. The lowest BCUT2D eigenvalue weighted by molar-refractivity contribution is -0.810. The Morgan fingerprint density at radius 3 is 1.42 bits per heavy atom. The van der Waals surface area contributed by atoms with Gasteiger partial charge in [0.1, 0.15) is 9.75 Å². The van der Waals surface area contributed by atoms with Crippen LogP contribution >= 0.6 is 46.2 Å². The van der Waals surface area contributed by atoms with Gasteiger partial charge in [-0.15, -0.1) is 0 Å². The summed E-state index contributed by atoms with van der Waals surface area (Å²) in [5.74, 6) is 2.22. The molecule has 0 amide bonds. The van der Waals surface area contributed by atoms with Crippen molar-refractivity contribution in [1.82, 2.24) is 0 Å². The molecule has 0 aliphatic heterocycles. The van der Waals surface area contributed by atoms with Gasteiger partial charge in [0.05, 0.1) is 0 Å². The Hall–Kier alpha value is -0.700. The Morgan fingerprint density at radius 1 is 0.808 bits per heavy atom. The predicted octanol–water partition coefficient (Wildman–Crippen LogP) is 4.33. The zero-order valence-electron chi connectivity index (χ0n) is 16.2. The summed E-state index contributed by atoms with van der Waals surface area (Å²) in [6, 6.07) is 0. The van der Waals surface area contributed by atoms with E-state index in [1.54, 1.807) is 60.0 Å². The smallest absolute Gasteiger partial charge is 0.293 e. The average Bonchev–Trinajstić information content (AvgIpc) is 3.05. The molecule has 26 heavy (non-hydrogen) atoms. The van der Waals surface area contributed by atoms with Crippen LogP contribution < -0.4 is 9.13 Å². The maximum atomic E-state index is 11.9. The van der Waals surface area contributed by atoms with E-state index in [4.69, 9.17) is 0 Å². The molecule has 0 radical (unpaired) electrons. The third-order valence-electron chi connectivity index (χ3n) is 4.01. The summed E-state index contributed by atoms with van der Waals surface area (Å²) in [6.45, 7) is 13.2. The van der Waals surface area contributed by atoms with Crippen molar-refractivity contribution in [3.63, 3.8) is 0 Å². The van der Waals surface area contributed by atoms with Crippen molar-refractivity contribution in [2.24, 2.45) is 0 Å². The number of carbonyl (C=O) groups excluding carboxylic acids is 2. The van der Waals surface area contributed by atoms with Gasteiger partial charge in [-0.2, -0.15) is 9.13 Å². The SMILES string of the molecule is CCSc1sc(C(C)=O)c(C)[n+]1CC[n+]1c(SCC)sc(C(C)=O)c1C. The number of thioether (sulfide) groups is 2. The molecule has 0 spiro atoms. The lowest BCUT2D eigenvalue weighted by Gasteiger charge is -2.00. The van der Waals surface area contributed by atoms with Gasteiger partial charge in [-0.3, -0.25) is 9.59 Å². The van der Waals surface area contributed by atoms with Crippen LogP contribution in [0.4, 0.5) is 0 Å². The first-order valence-electron chi connectivity index (χ1n) is 8.65. The number of nitrogens with zero attached hydrogens (tertiary/aromatic N) is 2. The molecule has 0 aliphatic rings. The fraction of sp³-hybridized carbons (Fsp3) is 0.556. The second-order valence-electron chi connectivity index (χ2n) is 5.85. The van der Waals surface area contributed by atoms with E-state index in [1.807, 2.05) is 13.8 Å². The second kappa shape index (κ2) is 9.48. The standard InChI is InChI=1S/C18H26N2O2S4/c1-7-23-17-19(11(3)15(25-17)13(5)21)9-10-20-12(4)16(14(6)22)26-18(20)24-8-2/h7-10H2,1-6H3/q+2. The summed E-state index contributed by atoms with van der Waals surface area (Å²) in [5, 5.41) is 0. The van der Waals surface area contributed by atoms with Crippen LogP contribution in [-0.4, -0.2) is 23.1 Å². The molecule has 0 atom stereocenters. The number of thiazole rings is 2. The highest BCUT2D eigenvalue weighted by Crippen LogP contribution is 2.27. The molecule has 0 aromatic carbocycles. The number of aromatic nitrogens is 2. The molecule has 2 aromatic rings. The molecule has 2 rings (SSSR count). The Bertz CT molecular complexity index is 756. The quantitative estimate of drug-likeness (QED) is 0.337. The summed E-state index contributed by atoms with van der Waals surface area (Å²) in [5.41, 5.74) is 2.09. The minimum absolute atomic E-state index is 0.129. The average molecular weight is 431 g/mol. The van der Waals surface area contributed by atoms with Crippen LogP contribution in [0.2, 0.25) is 0 Å². The molecule has 0 saturated heterocycles. The third-order valence-corrected chi connectivity index (χ3v) is 9.09. The van der Waals surface area contributed by atoms with Crippen molar-refractivity contribution < 1.29 is 18.7 Å². The summed E-state index contributed by atoms with van der Waals surface area (Å²) >= 11 is 6.75. The molecule has 0 N–H and O–H groups in total. The monoisotopic (exact) mass is 430 g/mol. The Labute approximate surface area is 172 Å². The van der Waals surface area contributed by atoms with Crippen LogP contribution in [0.1, 0.15) is 58.4 Å². The fourth-order valence-electron chi connectivity index (χ4n) is 2.78. The van der Waals surface area contributed by atoms with E-state index < -0.39 is 0 Å². The number of rotatable bonds is 9. The molecule has 2 aromatic heterocycles. The van der Waals surface area contributed by atoms with E-state index in [9.17, 15) is 9.59 Å². The molecule has 0 unspecified atom stereocenters. The zero-order chi connectivity index (χ0) is 19.4. The predicted molar refractivity (Wildman–Crippen MR) is 111 cm³/mol. The number of Topliss-reactive ketones (excluding diaryl/α,β-unsaturated/α-hetero) is 2. The number of hydrogen-bond donors (Lipinski definition) is 0. The van der Waals surface area contributed by atoms with Crippen LogP contribution in [0.15, 0.2) is 8.68 Å². The maximum absolute atomic E-state index is 11.9. The van der Waals surface area contributed by atoms with Crippen LogP contribution in [0.25, 0.3) is 0 Å². The Kier molecular flexibility index (Phi) is 7.88. The van der Waals surface area contributed by atoms with Gasteiger partial charge in [0.2, 0.25) is 24.5 Å². The minimum atomic E-state index is 0.129. The molecule has 0 bridgehead atoms. The van der Waals surface area contributed by atoms with Gasteiger partial charge in [-0.25, -0.2) is 0 Å². The Balaban J connectivity index is 2.37. The number of hydrogen-bond acceptors (Lipinski definition) is 6. The molecule has 0 saturated carbocycles. The largest absolute Gasteiger partial charge is 0.298 e. The number of ketones is 2. The van der Waals surface area contributed by atoms with Crippen LogP contribution in [0, 0.1) is 13.8 Å². The van der Waals surface area contributed by atoms with E-state index in [0.717, 1.165) is 45.7 Å². The molecule has 0 aliphatic carbocycles. The van der Waals surface area contributed by atoms with E-state index >= 15 is 0 Å². The second-order valence-corrected chi connectivity index (χ2v) is 10.9. The van der Waals surface area contributed by atoms with Gasteiger partial charge in [-0.1, -0.05) is 36.5 Å². The van der Waals surface area contributed by atoms with E-state index in [2.05, 4.69) is 23.0 Å². The van der Waals surface area contributed by atoms with Gasteiger partial charge in [-0.05, 0) is 23.5 Å². The van der Waals surface area contributed by atoms with Gasteiger partial charge in [0.25, 0.3) is 8.68 Å². The lowest BCUT2D eigenvalue weighted by Crippen LogP contribution is -2.47. The van der Waals surface area contributed by atoms with Gasteiger partial charge in [0.15, 0.2) is 11.6 Å². The summed E-state index contributed by atoms with van der Waals surface area (Å²) < 4.78 is 6.88. The first-order valence-corrected chi connectivity index (χ1v) is 12.3. The van der Waals surface area contributed by atoms with Crippen molar-refractivity contribution in [3.8, 4) is 0 Å². The van der Waals surface area contributed by atoms with E-state index in [0.29, 0.717) is 0 Å². The fourth-order valence-corrected chi connectivity index (χ4v) is 7.55. The van der Waals surface area contributed by atoms with E-state index in [-0.39, 0.29) is 11.6 Å². The molecule has 2 heterocycles. The van der Waals surface area contributed by atoms with Crippen molar-refractivity contribution >= 4 is 57.8 Å². The number of carbonyl (C=O) groups is 2. The third kappa shape index (κ3) is 4.58. The highest BCUT2D eigenvalue weighted by molar-refractivity contribution is 8.01. The highest BCUT2D eigenvalue weighted by atomic mass is 32.2. The van der Waals surface area contributed by atoms with Gasteiger partial charge < -0.3 is 0 Å². The summed E-state index contributed by atoms with van der Waals surface area (Å²) in [4.78, 5) is 25.5. The molecular weight excluding hydrogens is 404 g/mol. The van der Waals surface area contributed by atoms with Crippen molar-refractivity contribution in [1.29, 1.82) is 0 Å². The van der Waals surface area contributed by atoms with Gasteiger partial charge in [0, 0.05) is 39.2 Å². The van der Waals surface area contributed by atoms with Crippen molar-refractivity contribution in [2.75, 3.05) is 11.5 Å². The minimum Gasteiger partial charge on any atom is -0.293 e. The Morgan fingerprint density at radius 2 is 1.15 bits per heavy atom. The van der Waals surface area contributed by atoms with Crippen molar-refractivity contribution in [2.45, 2.75) is 63.3 Å². The van der Waals surface area contributed by atoms with Crippen LogP contribution in [0.5, 0.6) is 0 Å². The van der Waals surface area contributed by atoms with Gasteiger partial charge >= 0.3 is 0 Å². The molecular formula is C18H26N2O2S4+2. The molecule has 142 valence electrons. The maximum Gasteiger partial charge on any atom is 0.298 e. The molecule has 4 nitrogen and oxygen atoms in total. The summed E-state index contributed by atoms with van der Waals surface area (Å²) in [6.07, 6.45) is 0. The highest BCUT2D eigenvalue weighted by Gasteiger charge is 2.30. The van der Waals surface area contributed by atoms with Crippen molar-refractivity contribution in [3.05, 3.63) is 21.1 Å². The van der Waals surface area contributed by atoms with E-state index in [1.165, 1.54) is 8.68 Å². The first kappa shape index (κ1) is 21.6. The zero-order valence-corrected chi connectivity index (χ0v) is 19.4. The molecule has 8 heteroatoms.